The lowest BCUT2D eigenvalue weighted by Crippen LogP contribution is -2.22. The Hall–Kier alpha value is -3.94. The van der Waals surface area contributed by atoms with Gasteiger partial charge in [0.05, 0.1) is 35.8 Å². The van der Waals surface area contributed by atoms with Gasteiger partial charge in [0.1, 0.15) is 17.4 Å². The monoisotopic (exact) mass is 460 g/mol. The van der Waals surface area contributed by atoms with Crippen LogP contribution < -0.4 is 5.73 Å². The highest BCUT2D eigenvalue weighted by molar-refractivity contribution is 6.08. The van der Waals surface area contributed by atoms with Gasteiger partial charge in [0.2, 0.25) is 0 Å². The van der Waals surface area contributed by atoms with Gasteiger partial charge in [0.15, 0.2) is 5.82 Å². The number of anilines is 1. The van der Waals surface area contributed by atoms with E-state index in [2.05, 4.69) is 16.5 Å². The standard InChI is InChI=1S/C26H28N4O4/c1-4-5-11-21-29-22-23(19-13-12-18(25(31)33-3)14-20(19)28-24(22)27)30(21)15-16(2)34-26(32)17-9-7-6-8-10-17/h6-10,12-14,16H,4-5,11,15H2,1-3H3,(H2,27,28). The van der Waals surface area contributed by atoms with Crippen LogP contribution in [0.1, 0.15) is 53.2 Å². The van der Waals surface area contributed by atoms with E-state index in [1.807, 2.05) is 19.1 Å². The van der Waals surface area contributed by atoms with Crippen LogP contribution in [0.3, 0.4) is 0 Å². The summed E-state index contributed by atoms with van der Waals surface area (Å²) in [7, 11) is 1.34. The van der Waals surface area contributed by atoms with Crippen LogP contribution in [0.25, 0.3) is 21.9 Å². The van der Waals surface area contributed by atoms with Gasteiger partial charge in [0, 0.05) is 11.8 Å². The smallest absolute Gasteiger partial charge is 0.338 e. The summed E-state index contributed by atoms with van der Waals surface area (Å²) in [5, 5.41) is 0.814. The van der Waals surface area contributed by atoms with Crippen LogP contribution in [-0.4, -0.2) is 39.7 Å². The molecule has 0 saturated carbocycles. The minimum Gasteiger partial charge on any atom is -0.465 e. The fourth-order valence-electron chi connectivity index (χ4n) is 4.04. The predicted molar refractivity (Wildman–Crippen MR) is 131 cm³/mol. The van der Waals surface area contributed by atoms with E-state index in [0.29, 0.717) is 28.7 Å². The summed E-state index contributed by atoms with van der Waals surface area (Å²) in [5.74, 6) is 0.329. The number of nitrogens with two attached hydrogens (primary N) is 1. The third kappa shape index (κ3) is 4.57. The number of carbonyl (C=O) groups is 2. The lowest BCUT2D eigenvalue weighted by Gasteiger charge is -2.17. The second kappa shape index (κ2) is 9.91. The van der Waals surface area contributed by atoms with E-state index in [1.165, 1.54) is 7.11 Å². The number of benzene rings is 2. The van der Waals surface area contributed by atoms with Crippen molar-refractivity contribution in [3.63, 3.8) is 0 Å². The molecule has 0 bridgehead atoms. The zero-order valence-electron chi connectivity index (χ0n) is 19.6. The van der Waals surface area contributed by atoms with Crippen molar-refractivity contribution in [1.29, 1.82) is 0 Å². The number of hydrogen-bond acceptors (Lipinski definition) is 7. The largest absolute Gasteiger partial charge is 0.465 e. The summed E-state index contributed by atoms with van der Waals surface area (Å²) in [6, 6.07) is 14.1. The molecule has 2 heterocycles. The molecule has 0 amide bonds. The molecule has 2 aromatic carbocycles. The third-order valence-corrected chi connectivity index (χ3v) is 5.72. The normalized spacial score (nSPS) is 12.1. The lowest BCUT2D eigenvalue weighted by atomic mass is 10.1. The van der Waals surface area contributed by atoms with Crippen LogP contribution in [0, 0.1) is 0 Å². The van der Waals surface area contributed by atoms with E-state index in [1.54, 1.807) is 36.4 Å². The van der Waals surface area contributed by atoms with Crippen LogP contribution in [0.4, 0.5) is 5.82 Å². The number of fused-ring (bicyclic) bond motifs is 3. The molecule has 0 saturated heterocycles. The molecule has 0 aliphatic heterocycles. The second-order valence-corrected chi connectivity index (χ2v) is 8.24. The summed E-state index contributed by atoms with van der Waals surface area (Å²) in [6.45, 7) is 4.39. The van der Waals surface area contributed by atoms with Crippen molar-refractivity contribution < 1.29 is 19.1 Å². The number of nitrogen functional groups attached to an aromatic ring is 1. The minimum atomic E-state index is -0.444. The van der Waals surface area contributed by atoms with Gasteiger partial charge >= 0.3 is 11.9 Å². The number of nitrogens with zero attached hydrogens (tertiary/aromatic N) is 3. The fraction of sp³-hybridized carbons (Fsp3) is 0.308. The number of aryl methyl sites for hydroxylation is 1. The van der Waals surface area contributed by atoms with E-state index in [0.717, 1.165) is 36.0 Å². The number of esters is 2. The van der Waals surface area contributed by atoms with Crippen molar-refractivity contribution in [2.45, 2.75) is 45.8 Å². The molecule has 4 aromatic rings. The highest BCUT2D eigenvalue weighted by atomic mass is 16.5. The average Bonchev–Trinajstić information content (AvgIpc) is 3.21. The summed E-state index contributed by atoms with van der Waals surface area (Å²) in [6.07, 6.45) is 2.31. The molecule has 1 unspecified atom stereocenters. The summed E-state index contributed by atoms with van der Waals surface area (Å²) in [4.78, 5) is 33.9. The first-order valence-corrected chi connectivity index (χ1v) is 11.4. The van der Waals surface area contributed by atoms with Gasteiger partial charge in [-0.15, -0.1) is 0 Å². The molecule has 8 nitrogen and oxygen atoms in total. The number of methoxy groups -OCH3 is 1. The van der Waals surface area contributed by atoms with Gasteiger partial charge in [0.25, 0.3) is 0 Å². The molecular weight excluding hydrogens is 432 g/mol. The third-order valence-electron chi connectivity index (χ3n) is 5.72. The Morgan fingerprint density at radius 3 is 2.53 bits per heavy atom. The number of aromatic nitrogens is 3. The molecule has 4 rings (SSSR count). The molecule has 0 fully saturated rings. The van der Waals surface area contributed by atoms with Crippen LogP contribution in [-0.2, 0) is 22.4 Å². The van der Waals surface area contributed by atoms with Gasteiger partial charge in [-0.2, -0.15) is 0 Å². The predicted octanol–water partition coefficient (Wildman–Crippen LogP) is 4.54. The summed E-state index contributed by atoms with van der Waals surface area (Å²) in [5.41, 5.74) is 9.18. The molecule has 1 atom stereocenters. The molecule has 8 heteroatoms. The topological polar surface area (TPSA) is 109 Å². The molecule has 2 N–H and O–H groups in total. The zero-order chi connectivity index (χ0) is 24.2. The Labute approximate surface area is 197 Å². The van der Waals surface area contributed by atoms with E-state index in [4.69, 9.17) is 20.2 Å². The van der Waals surface area contributed by atoms with Gasteiger partial charge in [-0.3, -0.25) is 0 Å². The highest BCUT2D eigenvalue weighted by Gasteiger charge is 2.21. The van der Waals surface area contributed by atoms with Crippen molar-refractivity contribution in [1.82, 2.24) is 14.5 Å². The number of imidazole rings is 1. The summed E-state index contributed by atoms with van der Waals surface area (Å²) < 4.78 is 12.6. The number of unbranched alkanes of at least 4 members (excludes halogenated alkanes) is 1. The molecule has 2 aromatic heterocycles. The van der Waals surface area contributed by atoms with Crippen LogP contribution in [0.5, 0.6) is 0 Å². The van der Waals surface area contributed by atoms with Crippen LogP contribution in [0.15, 0.2) is 48.5 Å². The van der Waals surface area contributed by atoms with E-state index < -0.39 is 12.1 Å². The maximum Gasteiger partial charge on any atom is 0.338 e. The first-order chi connectivity index (χ1) is 16.4. The van der Waals surface area contributed by atoms with Gasteiger partial charge < -0.3 is 19.8 Å². The fourth-order valence-corrected chi connectivity index (χ4v) is 4.04. The zero-order valence-corrected chi connectivity index (χ0v) is 19.6. The number of hydrogen-bond donors (Lipinski definition) is 1. The van der Waals surface area contributed by atoms with Crippen molar-refractivity contribution in [2.75, 3.05) is 12.8 Å². The highest BCUT2D eigenvalue weighted by Crippen LogP contribution is 2.30. The molecule has 0 aliphatic carbocycles. The maximum absolute atomic E-state index is 12.6. The second-order valence-electron chi connectivity index (χ2n) is 8.24. The molecule has 0 aliphatic rings. The molecule has 0 spiro atoms. The SMILES string of the molecule is CCCCc1nc2c(N)nc3cc(C(=O)OC)ccc3c2n1CC(C)OC(=O)c1ccccc1. The molecular formula is C26H28N4O4. The van der Waals surface area contributed by atoms with E-state index >= 15 is 0 Å². The van der Waals surface area contributed by atoms with Crippen LogP contribution >= 0.6 is 0 Å². The Morgan fingerprint density at radius 2 is 1.82 bits per heavy atom. The molecule has 0 radical (unpaired) electrons. The molecule has 176 valence electrons. The first kappa shape index (κ1) is 23.2. The van der Waals surface area contributed by atoms with Crippen molar-refractivity contribution in [2.24, 2.45) is 0 Å². The first-order valence-electron chi connectivity index (χ1n) is 11.4. The Kier molecular flexibility index (Phi) is 6.77. The number of carbonyl (C=O) groups excluding carboxylic acids is 2. The number of rotatable bonds is 8. The quantitative estimate of drug-likeness (QED) is 0.384. The van der Waals surface area contributed by atoms with E-state index in [9.17, 15) is 9.59 Å². The van der Waals surface area contributed by atoms with Crippen LogP contribution in [0.2, 0.25) is 0 Å². The van der Waals surface area contributed by atoms with Crippen molar-refractivity contribution in [3.05, 3.63) is 65.5 Å². The van der Waals surface area contributed by atoms with Gasteiger partial charge in [-0.25, -0.2) is 19.6 Å². The number of pyridine rings is 1. The number of ether oxygens (including phenoxy) is 2. The Bertz CT molecular complexity index is 1350. The van der Waals surface area contributed by atoms with E-state index in [-0.39, 0.29) is 11.8 Å². The Morgan fingerprint density at radius 1 is 1.06 bits per heavy atom. The Balaban J connectivity index is 1.77. The van der Waals surface area contributed by atoms with Gasteiger partial charge in [-0.1, -0.05) is 31.5 Å². The van der Waals surface area contributed by atoms with Gasteiger partial charge in [-0.05, 0) is 43.7 Å². The van der Waals surface area contributed by atoms with Crippen molar-refractivity contribution >= 4 is 39.7 Å². The average molecular weight is 461 g/mol. The minimum absolute atomic E-state index is 0.287. The lowest BCUT2D eigenvalue weighted by molar-refractivity contribution is 0.0306. The molecule has 34 heavy (non-hydrogen) atoms. The maximum atomic E-state index is 12.6. The van der Waals surface area contributed by atoms with Crippen molar-refractivity contribution in [3.8, 4) is 0 Å². The summed E-state index contributed by atoms with van der Waals surface area (Å²) >= 11 is 0.